The average molecular weight is 359 g/mol. The van der Waals surface area contributed by atoms with E-state index in [-0.39, 0.29) is 0 Å². The maximum atomic E-state index is 11.6. The van der Waals surface area contributed by atoms with Crippen molar-refractivity contribution in [1.82, 2.24) is 4.90 Å². The van der Waals surface area contributed by atoms with Gasteiger partial charge in [-0.1, -0.05) is 30.7 Å². The Morgan fingerprint density at radius 1 is 1.12 bits per heavy atom. The van der Waals surface area contributed by atoms with Crippen LogP contribution >= 0.6 is 0 Å². The Hall–Kier alpha value is -1.85. The van der Waals surface area contributed by atoms with Gasteiger partial charge in [0.2, 0.25) is 0 Å². The molecule has 134 valence electrons. The Kier molecular flexibility index (Phi) is 5.45. The van der Waals surface area contributed by atoms with Crippen LogP contribution in [0.15, 0.2) is 53.4 Å². The Morgan fingerprint density at radius 3 is 2.56 bits per heavy atom. The maximum Gasteiger partial charge on any atom is 0.175 e. The number of hydrogen-bond acceptors (Lipinski definition) is 4. The first-order chi connectivity index (χ1) is 12.0. The van der Waals surface area contributed by atoms with Crippen LogP contribution in [-0.2, 0) is 16.4 Å². The van der Waals surface area contributed by atoms with E-state index in [1.165, 1.54) is 24.7 Å². The number of hydrogen-bond donors (Lipinski definition) is 0. The molecule has 0 radical (unpaired) electrons. The first-order valence-corrected chi connectivity index (χ1v) is 10.5. The van der Waals surface area contributed by atoms with Crippen LogP contribution in [0.5, 0.6) is 5.75 Å². The van der Waals surface area contributed by atoms with Gasteiger partial charge in [0.25, 0.3) is 0 Å². The van der Waals surface area contributed by atoms with E-state index in [4.69, 9.17) is 4.74 Å². The molecule has 2 aromatic carbocycles. The average Bonchev–Trinajstić information content (AvgIpc) is 2.62. The third-order valence-corrected chi connectivity index (χ3v) is 5.96. The van der Waals surface area contributed by atoms with Gasteiger partial charge in [0.1, 0.15) is 5.75 Å². The molecule has 1 heterocycles. The van der Waals surface area contributed by atoms with Crippen LogP contribution < -0.4 is 4.74 Å². The standard InChI is InChI=1S/C20H25NO3S/c1-24-18-7-5-6-17(14-18)20-8-3-4-13-21(20)15-16-9-11-19(12-10-16)25(2,22)23/h5-7,9-12,14,20H,3-4,8,13,15H2,1-2H3/t20-/m0/s1. The second kappa shape index (κ2) is 7.58. The summed E-state index contributed by atoms with van der Waals surface area (Å²) in [5.41, 5.74) is 2.43. The van der Waals surface area contributed by atoms with Gasteiger partial charge in [-0.2, -0.15) is 0 Å². The summed E-state index contributed by atoms with van der Waals surface area (Å²) in [7, 11) is -1.45. The van der Waals surface area contributed by atoms with E-state index in [0.29, 0.717) is 10.9 Å². The fourth-order valence-corrected chi connectivity index (χ4v) is 4.11. The van der Waals surface area contributed by atoms with Crippen molar-refractivity contribution in [2.45, 2.75) is 36.7 Å². The molecule has 0 spiro atoms. The lowest BCUT2D eigenvalue weighted by molar-refractivity contribution is 0.140. The molecule has 4 nitrogen and oxygen atoms in total. The molecule has 1 aliphatic heterocycles. The molecular formula is C20H25NO3S. The fraction of sp³-hybridized carbons (Fsp3) is 0.400. The summed E-state index contributed by atoms with van der Waals surface area (Å²) in [5, 5.41) is 0. The van der Waals surface area contributed by atoms with Gasteiger partial charge in [0.15, 0.2) is 9.84 Å². The predicted molar refractivity (Wildman–Crippen MR) is 99.5 cm³/mol. The highest BCUT2D eigenvalue weighted by molar-refractivity contribution is 7.90. The van der Waals surface area contributed by atoms with Crippen LogP contribution in [0, 0.1) is 0 Å². The number of piperidine rings is 1. The molecule has 0 unspecified atom stereocenters. The molecule has 0 aromatic heterocycles. The van der Waals surface area contributed by atoms with Gasteiger partial charge in [-0.05, 0) is 54.8 Å². The second-order valence-corrected chi connectivity index (χ2v) is 8.69. The lowest BCUT2D eigenvalue weighted by atomic mass is 9.94. The Morgan fingerprint density at radius 2 is 1.88 bits per heavy atom. The summed E-state index contributed by atoms with van der Waals surface area (Å²) in [4.78, 5) is 2.85. The van der Waals surface area contributed by atoms with Crippen molar-refractivity contribution >= 4 is 9.84 Å². The van der Waals surface area contributed by atoms with Crippen molar-refractivity contribution < 1.29 is 13.2 Å². The highest BCUT2D eigenvalue weighted by Gasteiger charge is 2.24. The summed E-state index contributed by atoms with van der Waals surface area (Å²) in [6, 6.07) is 15.9. The molecule has 0 amide bonds. The normalized spacial score (nSPS) is 18.9. The number of sulfone groups is 1. The maximum absolute atomic E-state index is 11.6. The summed E-state index contributed by atoms with van der Waals surface area (Å²) >= 11 is 0. The number of rotatable bonds is 5. The van der Waals surface area contributed by atoms with Crippen molar-refractivity contribution in [3.63, 3.8) is 0 Å². The van der Waals surface area contributed by atoms with E-state index in [0.717, 1.165) is 30.8 Å². The molecule has 25 heavy (non-hydrogen) atoms. The quantitative estimate of drug-likeness (QED) is 0.814. The van der Waals surface area contributed by atoms with Crippen LogP contribution in [0.25, 0.3) is 0 Å². The zero-order valence-electron chi connectivity index (χ0n) is 14.8. The van der Waals surface area contributed by atoms with Gasteiger partial charge in [0, 0.05) is 18.8 Å². The third-order valence-electron chi connectivity index (χ3n) is 4.83. The van der Waals surface area contributed by atoms with E-state index in [1.54, 1.807) is 19.2 Å². The molecule has 0 N–H and O–H groups in total. The van der Waals surface area contributed by atoms with E-state index in [1.807, 2.05) is 24.3 Å². The van der Waals surface area contributed by atoms with Crippen molar-refractivity contribution in [2.75, 3.05) is 19.9 Å². The zero-order valence-corrected chi connectivity index (χ0v) is 15.6. The molecule has 2 aromatic rings. The van der Waals surface area contributed by atoms with Gasteiger partial charge in [-0.25, -0.2) is 8.42 Å². The molecule has 0 bridgehead atoms. The molecule has 1 aliphatic rings. The Balaban J connectivity index is 1.79. The lowest BCUT2D eigenvalue weighted by Crippen LogP contribution is -2.32. The van der Waals surface area contributed by atoms with Crippen LogP contribution in [0.1, 0.15) is 36.4 Å². The van der Waals surface area contributed by atoms with Gasteiger partial charge in [0.05, 0.1) is 12.0 Å². The minimum atomic E-state index is -3.14. The molecule has 5 heteroatoms. The number of methoxy groups -OCH3 is 1. The number of likely N-dealkylation sites (tertiary alicyclic amines) is 1. The summed E-state index contributed by atoms with van der Waals surface area (Å²) in [5.74, 6) is 0.889. The SMILES string of the molecule is COc1cccc([C@@H]2CCCCN2Cc2ccc(S(C)(=O)=O)cc2)c1. The highest BCUT2D eigenvalue weighted by atomic mass is 32.2. The highest BCUT2D eigenvalue weighted by Crippen LogP contribution is 2.33. The van der Waals surface area contributed by atoms with Crippen LogP contribution in [0.3, 0.4) is 0 Å². The monoisotopic (exact) mass is 359 g/mol. The summed E-state index contributed by atoms with van der Waals surface area (Å²) in [6.07, 6.45) is 4.80. The number of nitrogens with zero attached hydrogens (tertiary/aromatic N) is 1. The zero-order chi connectivity index (χ0) is 17.9. The van der Waals surface area contributed by atoms with Crippen molar-refractivity contribution in [1.29, 1.82) is 0 Å². The topological polar surface area (TPSA) is 46.6 Å². The molecule has 3 rings (SSSR count). The molecule has 1 atom stereocenters. The third kappa shape index (κ3) is 4.41. The number of benzene rings is 2. The Labute approximate surface area is 150 Å². The van der Waals surface area contributed by atoms with Gasteiger partial charge < -0.3 is 4.74 Å². The van der Waals surface area contributed by atoms with Gasteiger partial charge >= 0.3 is 0 Å². The molecule has 0 saturated carbocycles. The Bertz CT molecular complexity index is 815. The van der Waals surface area contributed by atoms with E-state index in [9.17, 15) is 8.42 Å². The molecular weight excluding hydrogens is 334 g/mol. The van der Waals surface area contributed by atoms with Crippen molar-refractivity contribution in [3.8, 4) is 5.75 Å². The van der Waals surface area contributed by atoms with Crippen molar-refractivity contribution in [3.05, 3.63) is 59.7 Å². The van der Waals surface area contributed by atoms with Crippen LogP contribution in [0.2, 0.25) is 0 Å². The van der Waals surface area contributed by atoms with Gasteiger partial charge in [-0.15, -0.1) is 0 Å². The van der Waals surface area contributed by atoms with Crippen LogP contribution in [0.4, 0.5) is 0 Å². The predicted octanol–water partition coefficient (Wildman–Crippen LogP) is 3.83. The summed E-state index contributed by atoms with van der Waals surface area (Å²) in [6.45, 7) is 1.88. The molecule has 1 fully saturated rings. The van der Waals surface area contributed by atoms with Gasteiger partial charge in [-0.3, -0.25) is 4.90 Å². The number of ether oxygens (including phenoxy) is 1. The van der Waals surface area contributed by atoms with E-state index in [2.05, 4.69) is 17.0 Å². The molecule has 0 aliphatic carbocycles. The van der Waals surface area contributed by atoms with Crippen molar-refractivity contribution in [2.24, 2.45) is 0 Å². The largest absolute Gasteiger partial charge is 0.497 e. The van der Waals surface area contributed by atoms with E-state index >= 15 is 0 Å². The lowest BCUT2D eigenvalue weighted by Gasteiger charge is -2.36. The minimum absolute atomic E-state index is 0.374. The summed E-state index contributed by atoms with van der Waals surface area (Å²) < 4.78 is 28.6. The van der Waals surface area contributed by atoms with Crippen LogP contribution in [-0.4, -0.2) is 33.2 Å². The fourth-order valence-electron chi connectivity index (χ4n) is 3.48. The minimum Gasteiger partial charge on any atom is -0.497 e. The smallest absolute Gasteiger partial charge is 0.175 e. The molecule has 1 saturated heterocycles. The first kappa shape index (κ1) is 18.0. The van der Waals surface area contributed by atoms with E-state index < -0.39 is 9.84 Å². The second-order valence-electron chi connectivity index (χ2n) is 6.67. The first-order valence-electron chi connectivity index (χ1n) is 8.64.